The Labute approximate surface area is 107 Å². The van der Waals surface area contributed by atoms with Gasteiger partial charge in [-0.15, -0.1) is 0 Å². The summed E-state index contributed by atoms with van der Waals surface area (Å²) in [7, 11) is 1.64. The Morgan fingerprint density at radius 2 is 1.76 bits per heavy atom. The van der Waals surface area contributed by atoms with Crippen LogP contribution in [0.2, 0.25) is 0 Å². The van der Waals surface area contributed by atoms with Gasteiger partial charge in [0.2, 0.25) is 0 Å². The fourth-order valence-corrected chi connectivity index (χ4v) is 2.28. The molecular weight excluding hydrogens is 260 g/mol. The van der Waals surface area contributed by atoms with Crippen LogP contribution in [0.4, 0.5) is 0 Å². The molecule has 0 radical (unpaired) electrons. The quantitative estimate of drug-likeness (QED) is 0.790. The van der Waals surface area contributed by atoms with Crippen molar-refractivity contribution in [2.45, 2.75) is 44.6 Å². The Morgan fingerprint density at radius 1 is 1.18 bits per heavy atom. The largest absolute Gasteiger partial charge is 0.491 e. The SMILES string of the molecule is CC(C)Oc1ccc(S(=O)(=O)Cl)cc1C(C)C. The van der Waals surface area contributed by atoms with Gasteiger partial charge >= 0.3 is 0 Å². The first-order valence-electron chi connectivity index (χ1n) is 5.47. The number of hydrogen-bond donors (Lipinski definition) is 0. The summed E-state index contributed by atoms with van der Waals surface area (Å²) in [6.07, 6.45) is 0.0472. The van der Waals surface area contributed by atoms with Gasteiger partial charge in [0.1, 0.15) is 5.75 Å². The first-order chi connectivity index (χ1) is 7.71. The van der Waals surface area contributed by atoms with Gasteiger partial charge in [-0.1, -0.05) is 13.8 Å². The van der Waals surface area contributed by atoms with Crippen molar-refractivity contribution in [2.24, 2.45) is 0 Å². The van der Waals surface area contributed by atoms with E-state index in [0.717, 1.165) is 5.56 Å². The van der Waals surface area contributed by atoms with Crippen LogP contribution in [0.15, 0.2) is 23.1 Å². The summed E-state index contributed by atoms with van der Waals surface area (Å²) in [5, 5.41) is 0. The van der Waals surface area contributed by atoms with Crippen LogP contribution in [-0.4, -0.2) is 14.5 Å². The van der Waals surface area contributed by atoms with E-state index in [4.69, 9.17) is 15.4 Å². The van der Waals surface area contributed by atoms with Crippen LogP contribution in [-0.2, 0) is 9.05 Å². The number of ether oxygens (including phenoxy) is 1. The second-order valence-electron chi connectivity index (χ2n) is 4.46. The van der Waals surface area contributed by atoms with Gasteiger partial charge in [-0.3, -0.25) is 0 Å². The van der Waals surface area contributed by atoms with Gasteiger partial charge in [0.05, 0.1) is 11.0 Å². The first-order valence-corrected chi connectivity index (χ1v) is 7.78. The van der Waals surface area contributed by atoms with Crippen molar-refractivity contribution < 1.29 is 13.2 Å². The van der Waals surface area contributed by atoms with Gasteiger partial charge < -0.3 is 4.74 Å². The monoisotopic (exact) mass is 276 g/mol. The van der Waals surface area contributed by atoms with Gasteiger partial charge in [-0.25, -0.2) is 8.42 Å². The molecule has 3 nitrogen and oxygen atoms in total. The highest BCUT2D eigenvalue weighted by Crippen LogP contribution is 2.30. The van der Waals surface area contributed by atoms with Crippen molar-refractivity contribution in [3.63, 3.8) is 0 Å². The van der Waals surface area contributed by atoms with E-state index in [9.17, 15) is 8.42 Å². The van der Waals surface area contributed by atoms with Crippen LogP contribution in [0, 0.1) is 0 Å². The predicted octanol–water partition coefficient (Wildman–Crippen LogP) is 3.52. The van der Waals surface area contributed by atoms with Crippen LogP contribution in [0.1, 0.15) is 39.2 Å². The topological polar surface area (TPSA) is 43.4 Å². The van der Waals surface area contributed by atoms with Crippen LogP contribution in [0.25, 0.3) is 0 Å². The molecule has 96 valence electrons. The molecule has 0 heterocycles. The summed E-state index contributed by atoms with van der Waals surface area (Å²) in [6.45, 7) is 7.81. The molecule has 0 saturated carbocycles. The predicted molar refractivity (Wildman–Crippen MR) is 69.3 cm³/mol. The van der Waals surface area contributed by atoms with Gasteiger partial charge in [0.15, 0.2) is 0 Å². The number of hydrogen-bond acceptors (Lipinski definition) is 3. The van der Waals surface area contributed by atoms with Crippen molar-refractivity contribution in [3.8, 4) is 5.75 Å². The van der Waals surface area contributed by atoms with E-state index in [1.54, 1.807) is 12.1 Å². The number of benzene rings is 1. The molecule has 0 spiro atoms. The molecule has 0 amide bonds. The van der Waals surface area contributed by atoms with Crippen LogP contribution >= 0.6 is 10.7 Å². The number of rotatable bonds is 4. The van der Waals surface area contributed by atoms with E-state index < -0.39 is 9.05 Å². The van der Waals surface area contributed by atoms with Crippen molar-refractivity contribution in [3.05, 3.63) is 23.8 Å². The molecule has 1 rings (SSSR count). The molecule has 1 aromatic carbocycles. The lowest BCUT2D eigenvalue weighted by atomic mass is 10.0. The summed E-state index contributed by atoms with van der Waals surface area (Å²) in [6, 6.07) is 4.70. The molecule has 0 N–H and O–H groups in total. The van der Waals surface area contributed by atoms with E-state index in [-0.39, 0.29) is 16.9 Å². The molecule has 0 aromatic heterocycles. The molecular formula is C12H17ClO3S. The summed E-state index contributed by atoms with van der Waals surface area (Å²) in [5.41, 5.74) is 0.848. The standard InChI is InChI=1S/C12H17ClO3S/c1-8(2)11-7-10(17(13,14)15)5-6-12(11)16-9(3)4/h5-9H,1-4H3. The molecule has 5 heteroatoms. The summed E-state index contributed by atoms with van der Waals surface area (Å²) in [5.74, 6) is 0.876. The van der Waals surface area contributed by atoms with Crippen molar-refractivity contribution in [1.82, 2.24) is 0 Å². The van der Waals surface area contributed by atoms with E-state index in [1.807, 2.05) is 27.7 Å². The Kier molecular flexibility index (Phi) is 4.44. The van der Waals surface area contributed by atoms with E-state index in [1.165, 1.54) is 6.07 Å². The first kappa shape index (κ1) is 14.3. The Morgan fingerprint density at radius 3 is 2.18 bits per heavy atom. The average molecular weight is 277 g/mol. The van der Waals surface area contributed by atoms with Crippen LogP contribution < -0.4 is 4.74 Å². The van der Waals surface area contributed by atoms with Crippen molar-refractivity contribution in [2.75, 3.05) is 0 Å². The molecule has 0 aliphatic heterocycles. The van der Waals surface area contributed by atoms with Crippen LogP contribution in [0.3, 0.4) is 0 Å². The number of halogens is 1. The van der Waals surface area contributed by atoms with Crippen LogP contribution in [0.5, 0.6) is 5.75 Å². The third-order valence-corrected chi connectivity index (χ3v) is 3.60. The minimum atomic E-state index is -3.69. The molecule has 0 saturated heterocycles. The molecule has 0 bridgehead atoms. The maximum absolute atomic E-state index is 11.3. The molecule has 0 aliphatic carbocycles. The highest BCUT2D eigenvalue weighted by atomic mass is 35.7. The Bertz CT molecular complexity index is 492. The molecule has 17 heavy (non-hydrogen) atoms. The second kappa shape index (κ2) is 5.27. The molecule has 1 aromatic rings. The highest BCUT2D eigenvalue weighted by Gasteiger charge is 2.16. The Hall–Kier alpha value is -0.740. The fourth-order valence-electron chi connectivity index (χ4n) is 1.49. The average Bonchev–Trinajstić information content (AvgIpc) is 2.15. The Balaban J connectivity index is 3.27. The molecule has 0 unspecified atom stereocenters. The van der Waals surface area contributed by atoms with Gasteiger partial charge in [-0.05, 0) is 43.5 Å². The zero-order chi connectivity index (χ0) is 13.2. The molecule has 0 aliphatic rings. The summed E-state index contributed by atoms with van der Waals surface area (Å²) >= 11 is 0. The third kappa shape index (κ3) is 3.89. The van der Waals surface area contributed by atoms with Gasteiger partial charge in [0.25, 0.3) is 9.05 Å². The summed E-state index contributed by atoms with van der Waals surface area (Å²) in [4.78, 5) is 0.110. The molecule has 0 atom stereocenters. The smallest absolute Gasteiger partial charge is 0.261 e. The fraction of sp³-hybridized carbons (Fsp3) is 0.500. The van der Waals surface area contributed by atoms with Crippen molar-refractivity contribution >= 4 is 19.7 Å². The normalized spacial score (nSPS) is 12.2. The maximum atomic E-state index is 11.3. The second-order valence-corrected chi connectivity index (χ2v) is 7.02. The zero-order valence-electron chi connectivity index (χ0n) is 10.4. The van der Waals surface area contributed by atoms with E-state index in [0.29, 0.717) is 5.75 Å². The third-order valence-electron chi connectivity index (χ3n) is 2.25. The van der Waals surface area contributed by atoms with E-state index >= 15 is 0 Å². The van der Waals surface area contributed by atoms with Crippen molar-refractivity contribution in [1.29, 1.82) is 0 Å². The minimum absolute atomic E-state index is 0.0472. The lowest BCUT2D eigenvalue weighted by Crippen LogP contribution is -2.08. The molecule has 0 fully saturated rings. The van der Waals surface area contributed by atoms with Gasteiger partial charge in [0, 0.05) is 10.7 Å². The van der Waals surface area contributed by atoms with E-state index in [2.05, 4.69) is 0 Å². The maximum Gasteiger partial charge on any atom is 0.261 e. The highest BCUT2D eigenvalue weighted by molar-refractivity contribution is 8.13. The summed E-state index contributed by atoms with van der Waals surface area (Å²) < 4.78 is 28.2. The zero-order valence-corrected chi connectivity index (χ0v) is 12.0. The lowest BCUT2D eigenvalue weighted by molar-refractivity contribution is 0.239. The van der Waals surface area contributed by atoms with Gasteiger partial charge in [-0.2, -0.15) is 0 Å². The minimum Gasteiger partial charge on any atom is -0.491 e. The lowest BCUT2D eigenvalue weighted by Gasteiger charge is -2.17.